The minimum Gasteiger partial charge on any atom is -0.0776 e. The summed E-state index contributed by atoms with van der Waals surface area (Å²) >= 11 is 0. The third-order valence-electron chi connectivity index (χ3n) is 3.87. The van der Waals surface area contributed by atoms with E-state index in [0.29, 0.717) is 5.41 Å². The minimum atomic E-state index is 0. The molecule has 0 aliphatic rings. The number of hydrogen-bond acceptors (Lipinski definition) is 0. The Hall–Kier alpha value is 0. The van der Waals surface area contributed by atoms with Gasteiger partial charge in [-0.05, 0) is 37.0 Å². The lowest BCUT2D eigenvalue weighted by atomic mass is 9.71. The van der Waals surface area contributed by atoms with Crippen LogP contribution in [0.5, 0.6) is 0 Å². The minimum absolute atomic E-state index is 0. The molecule has 0 heterocycles. The summed E-state index contributed by atoms with van der Waals surface area (Å²) in [5.74, 6) is 0.870. The van der Waals surface area contributed by atoms with Crippen molar-refractivity contribution in [1.82, 2.24) is 0 Å². The van der Waals surface area contributed by atoms with Crippen molar-refractivity contribution in [3.05, 3.63) is 0 Å². The topological polar surface area (TPSA) is 0 Å². The third-order valence-corrected chi connectivity index (χ3v) is 3.87. The fourth-order valence-corrected chi connectivity index (χ4v) is 2.96. The second-order valence-electron chi connectivity index (χ2n) is 6.04. The van der Waals surface area contributed by atoms with E-state index in [9.17, 15) is 0 Å². The second kappa shape index (κ2) is 16.1. The highest BCUT2D eigenvalue weighted by Crippen LogP contribution is 2.40. The van der Waals surface area contributed by atoms with Gasteiger partial charge in [0.15, 0.2) is 0 Å². The molecular weight excluding hydrogens is 228 g/mol. The highest BCUT2D eigenvalue weighted by molar-refractivity contribution is 4.79. The van der Waals surface area contributed by atoms with E-state index < -0.39 is 0 Å². The second-order valence-corrected chi connectivity index (χ2v) is 6.04. The maximum atomic E-state index is 2.36. The van der Waals surface area contributed by atoms with Gasteiger partial charge in [-0.15, -0.1) is 0 Å². The van der Waals surface area contributed by atoms with Crippen molar-refractivity contribution in [2.45, 2.75) is 115 Å². The van der Waals surface area contributed by atoms with Gasteiger partial charge < -0.3 is 0 Å². The van der Waals surface area contributed by atoms with Gasteiger partial charge in [-0.2, -0.15) is 0 Å². The molecule has 0 N–H and O–H groups in total. The average molecular weight is 275 g/mol. The monoisotopic (exact) mass is 274 g/mol. The zero-order valence-electron chi connectivity index (χ0n) is 12.4. The molecule has 0 aliphatic carbocycles. The van der Waals surface area contributed by atoms with E-state index in [4.69, 9.17) is 0 Å². The summed E-state index contributed by atoms with van der Waals surface area (Å²) in [7, 11) is 0. The molecule has 0 aromatic rings. The summed E-state index contributed by atoms with van der Waals surface area (Å²) in [4.78, 5) is 0. The lowest BCUT2D eigenvalue weighted by Crippen LogP contribution is -2.21. The maximum Gasteiger partial charge on any atom is -0.0298 e. The van der Waals surface area contributed by atoms with Crippen LogP contribution in [0.25, 0.3) is 0 Å². The average Bonchev–Trinajstić information content (AvgIpc) is 2.24. The molecule has 0 radical (unpaired) electrons. The fourth-order valence-electron chi connectivity index (χ4n) is 2.96. The maximum absolute atomic E-state index is 2.36. The van der Waals surface area contributed by atoms with Gasteiger partial charge in [0.2, 0.25) is 0 Å². The predicted octanol–water partition coefficient (Wildman–Crippen LogP) is 8.11. The Morgan fingerprint density at radius 3 is 1.47 bits per heavy atom. The first-order valence-corrected chi connectivity index (χ1v) is 7.60. The molecule has 0 aromatic carbocycles. The van der Waals surface area contributed by atoms with Crippen LogP contribution in [0.1, 0.15) is 115 Å². The van der Waals surface area contributed by atoms with Crippen LogP contribution in [0, 0.1) is 11.3 Å². The molecule has 19 heavy (non-hydrogen) atoms. The Morgan fingerprint density at radius 2 is 1.16 bits per heavy atom. The van der Waals surface area contributed by atoms with Crippen molar-refractivity contribution in [3.63, 3.8) is 0 Å². The van der Waals surface area contributed by atoms with E-state index in [1.807, 2.05) is 0 Å². The van der Waals surface area contributed by atoms with Crippen LogP contribution in [0.3, 0.4) is 0 Å². The first kappa shape index (κ1) is 27.4. The quantitative estimate of drug-likeness (QED) is 0.377. The fraction of sp³-hybridized carbons (Fsp3) is 1.00. The summed E-state index contributed by atoms with van der Waals surface area (Å²) in [5, 5.41) is 0. The van der Waals surface area contributed by atoms with Gasteiger partial charge in [0.05, 0.1) is 0 Å². The van der Waals surface area contributed by atoms with Gasteiger partial charge in [-0.25, -0.2) is 0 Å². The molecule has 122 valence electrons. The van der Waals surface area contributed by atoms with Crippen molar-refractivity contribution in [2.75, 3.05) is 0 Å². The predicted molar refractivity (Wildman–Crippen MR) is 96.0 cm³/mol. The molecular formula is C19H46. The summed E-state index contributed by atoms with van der Waals surface area (Å²) in [6.07, 6.45) is 12.8. The zero-order valence-corrected chi connectivity index (χ0v) is 12.4. The summed E-state index contributed by atoms with van der Waals surface area (Å²) in [6, 6.07) is 0. The standard InChI is InChI=1S/C16H34.3CH4/c1-6-9-13-16(11-7-2,12-8-3)14-10-15(4)5;;;/h15H,6-14H2,1-5H3;3*1H4. The van der Waals surface area contributed by atoms with Crippen molar-refractivity contribution in [1.29, 1.82) is 0 Å². The normalized spacial score (nSPS) is 10.4. The Kier molecular flexibility index (Phi) is 23.1. The molecule has 0 spiro atoms. The Labute approximate surface area is 126 Å². The van der Waals surface area contributed by atoms with Crippen LogP contribution < -0.4 is 0 Å². The first-order valence-electron chi connectivity index (χ1n) is 7.60. The van der Waals surface area contributed by atoms with Gasteiger partial charge in [-0.1, -0.05) is 89.0 Å². The molecule has 0 rings (SSSR count). The van der Waals surface area contributed by atoms with E-state index in [1.165, 1.54) is 57.8 Å². The largest absolute Gasteiger partial charge is 0.0776 e. The molecule has 0 saturated heterocycles. The first-order chi connectivity index (χ1) is 7.60. The van der Waals surface area contributed by atoms with Crippen molar-refractivity contribution >= 4 is 0 Å². The third kappa shape index (κ3) is 12.8. The van der Waals surface area contributed by atoms with Crippen LogP contribution in [0.15, 0.2) is 0 Å². The molecule has 0 amide bonds. The van der Waals surface area contributed by atoms with Gasteiger partial charge in [-0.3, -0.25) is 0 Å². The number of rotatable bonds is 10. The van der Waals surface area contributed by atoms with Gasteiger partial charge in [0, 0.05) is 0 Å². The van der Waals surface area contributed by atoms with Crippen LogP contribution in [-0.4, -0.2) is 0 Å². The van der Waals surface area contributed by atoms with E-state index in [2.05, 4.69) is 34.6 Å². The zero-order chi connectivity index (χ0) is 12.4. The highest BCUT2D eigenvalue weighted by Gasteiger charge is 2.27. The molecule has 0 aromatic heterocycles. The van der Waals surface area contributed by atoms with Crippen LogP contribution in [-0.2, 0) is 0 Å². The molecule has 0 nitrogen and oxygen atoms in total. The molecule has 0 saturated carbocycles. The lowest BCUT2D eigenvalue weighted by molar-refractivity contribution is 0.176. The molecule has 0 atom stereocenters. The van der Waals surface area contributed by atoms with E-state index in [1.54, 1.807) is 0 Å². The lowest BCUT2D eigenvalue weighted by Gasteiger charge is -2.34. The Bertz CT molecular complexity index is 140. The highest BCUT2D eigenvalue weighted by atomic mass is 14.3. The van der Waals surface area contributed by atoms with E-state index in [-0.39, 0.29) is 22.3 Å². The molecule has 0 fully saturated rings. The van der Waals surface area contributed by atoms with Crippen molar-refractivity contribution < 1.29 is 0 Å². The van der Waals surface area contributed by atoms with Crippen LogP contribution >= 0.6 is 0 Å². The SMILES string of the molecule is C.C.C.CCCCC(CCC)(CCC)CCC(C)C. The number of unbranched alkanes of at least 4 members (excludes halogenated alkanes) is 1. The summed E-state index contributed by atoms with van der Waals surface area (Å²) in [6.45, 7) is 11.8. The van der Waals surface area contributed by atoms with Crippen LogP contribution in [0.4, 0.5) is 0 Å². The Morgan fingerprint density at radius 1 is 0.684 bits per heavy atom. The smallest absolute Gasteiger partial charge is 0.0298 e. The van der Waals surface area contributed by atoms with E-state index in [0.717, 1.165) is 5.92 Å². The summed E-state index contributed by atoms with van der Waals surface area (Å²) in [5.41, 5.74) is 0.684. The molecule has 0 unspecified atom stereocenters. The van der Waals surface area contributed by atoms with Gasteiger partial charge in [0.1, 0.15) is 0 Å². The van der Waals surface area contributed by atoms with Crippen LogP contribution in [0.2, 0.25) is 0 Å². The number of hydrogen-bond donors (Lipinski definition) is 0. The molecule has 0 aliphatic heterocycles. The molecule has 0 heteroatoms. The van der Waals surface area contributed by atoms with Crippen molar-refractivity contribution in [3.8, 4) is 0 Å². The summed E-state index contributed by atoms with van der Waals surface area (Å²) < 4.78 is 0. The van der Waals surface area contributed by atoms with Gasteiger partial charge in [0.25, 0.3) is 0 Å². The Balaban J connectivity index is -0.000000375. The van der Waals surface area contributed by atoms with E-state index >= 15 is 0 Å². The van der Waals surface area contributed by atoms with Crippen molar-refractivity contribution in [2.24, 2.45) is 11.3 Å². The molecule has 0 bridgehead atoms. The van der Waals surface area contributed by atoms with Gasteiger partial charge >= 0.3 is 0 Å².